The third-order valence-electron chi connectivity index (χ3n) is 3.13. The van der Waals surface area contributed by atoms with Crippen molar-refractivity contribution in [3.05, 3.63) is 22.8 Å². The topological polar surface area (TPSA) is 47.0 Å². The summed E-state index contributed by atoms with van der Waals surface area (Å²) in [6.45, 7) is 5.63. The number of nitrogens with zero attached hydrogens (tertiary/aromatic N) is 2. The maximum absolute atomic E-state index is 5.06. The summed E-state index contributed by atoms with van der Waals surface area (Å²) in [6.07, 6.45) is 3.68. The number of rotatable bonds is 6. The van der Waals surface area contributed by atoms with Gasteiger partial charge in [-0.2, -0.15) is 0 Å². The zero-order valence-corrected chi connectivity index (χ0v) is 10.9. The van der Waals surface area contributed by atoms with Gasteiger partial charge in [-0.15, -0.1) is 0 Å². The van der Waals surface area contributed by atoms with Crippen LogP contribution in [-0.2, 0) is 17.8 Å². The highest BCUT2D eigenvalue weighted by Crippen LogP contribution is 2.19. The Morgan fingerprint density at radius 2 is 1.88 bits per heavy atom. The molecule has 0 aromatic carbocycles. The van der Waals surface area contributed by atoms with E-state index in [1.807, 2.05) is 0 Å². The maximum atomic E-state index is 5.06. The van der Waals surface area contributed by atoms with E-state index in [0.29, 0.717) is 6.61 Å². The Hall–Kier alpha value is -1.00. The molecule has 4 heteroatoms. The monoisotopic (exact) mass is 235 g/mol. The fourth-order valence-corrected chi connectivity index (χ4v) is 2.05. The zero-order valence-electron chi connectivity index (χ0n) is 10.9. The fraction of sp³-hybridized carbons (Fsp3) is 0.692. The molecule has 2 rings (SSSR count). The van der Waals surface area contributed by atoms with Crippen LogP contribution in [0, 0.1) is 13.8 Å². The van der Waals surface area contributed by atoms with Crippen molar-refractivity contribution >= 4 is 0 Å². The first-order valence-electron chi connectivity index (χ1n) is 6.26. The van der Waals surface area contributed by atoms with Crippen molar-refractivity contribution in [2.75, 3.05) is 13.7 Å². The Morgan fingerprint density at radius 3 is 2.41 bits per heavy atom. The van der Waals surface area contributed by atoms with Gasteiger partial charge in [0.25, 0.3) is 0 Å². The van der Waals surface area contributed by atoms with Crippen molar-refractivity contribution in [2.24, 2.45) is 0 Å². The minimum Gasteiger partial charge on any atom is -0.377 e. The van der Waals surface area contributed by atoms with Crippen molar-refractivity contribution in [3.8, 4) is 0 Å². The van der Waals surface area contributed by atoms with Crippen molar-refractivity contribution in [1.29, 1.82) is 0 Å². The Labute approximate surface area is 103 Å². The van der Waals surface area contributed by atoms with E-state index < -0.39 is 0 Å². The predicted molar refractivity (Wildman–Crippen MR) is 66.9 cm³/mol. The van der Waals surface area contributed by atoms with Crippen LogP contribution in [-0.4, -0.2) is 29.7 Å². The van der Waals surface area contributed by atoms with Gasteiger partial charge in [-0.25, -0.2) is 9.97 Å². The van der Waals surface area contributed by atoms with Gasteiger partial charge in [-0.1, -0.05) is 0 Å². The van der Waals surface area contributed by atoms with Gasteiger partial charge in [0, 0.05) is 24.5 Å². The van der Waals surface area contributed by atoms with E-state index in [9.17, 15) is 0 Å². The van der Waals surface area contributed by atoms with Crippen LogP contribution in [0.2, 0.25) is 0 Å². The van der Waals surface area contributed by atoms with E-state index in [4.69, 9.17) is 4.74 Å². The van der Waals surface area contributed by atoms with Crippen LogP contribution in [0.1, 0.15) is 35.6 Å². The van der Waals surface area contributed by atoms with Crippen molar-refractivity contribution in [2.45, 2.75) is 45.8 Å². The summed E-state index contributed by atoms with van der Waals surface area (Å²) in [4.78, 5) is 8.95. The minimum atomic E-state index is 0.488. The van der Waals surface area contributed by atoms with Crippen molar-refractivity contribution in [1.82, 2.24) is 15.3 Å². The third kappa shape index (κ3) is 3.48. The second-order valence-electron chi connectivity index (χ2n) is 4.70. The quantitative estimate of drug-likeness (QED) is 0.812. The first kappa shape index (κ1) is 12.5. The van der Waals surface area contributed by atoms with Gasteiger partial charge in [0.2, 0.25) is 0 Å². The molecule has 0 saturated heterocycles. The van der Waals surface area contributed by atoms with E-state index in [1.54, 1.807) is 7.11 Å². The lowest BCUT2D eigenvalue weighted by atomic mass is 10.1. The Morgan fingerprint density at radius 1 is 1.24 bits per heavy atom. The number of hydrogen-bond donors (Lipinski definition) is 1. The minimum absolute atomic E-state index is 0.488. The number of aryl methyl sites for hydroxylation is 2. The summed E-state index contributed by atoms with van der Waals surface area (Å²) in [5.41, 5.74) is 3.45. The lowest BCUT2D eigenvalue weighted by Crippen LogP contribution is -2.20. The molecule has 1 aromatic rings. The van der Waals surface area contributed by atoms with E-state index in [2.05, 4.69) is 29.1 Å². The molecule has 1 fully saturated rings. The van der Waals surface area contributed by atoms with Crippen LogP contribution in [0.5, 0.6) is 0 Å². The molecule has 94 valence electrons. The van der Waals surface area contributed by atoms with Gasteiger partial charge in [-0.3, -0.25) is 0 Å². The molecule has 1 N–H and O–H groups in total. The van der Waals surface area contributed by atoms with Gasteiger partial charge in [0.1, 0.15) is 6.61 Å². The number of nitrogens with one attached hydrogen (secondary N) is 1. The highest BCUT2D eigenvalue weighted by molar-refractivity contribution is 5.24. The predicted octanol–water partition coefficient (Wildman–Crippen LogP) is 1.53. The van der Waals surface area contributed by atoms with Crippen LogP contribution >= 0.6 is 0 Å². The second-order valence-corrected chi connectivity index (χ2v) is 4.70. The SMILES string of the molecule is COCc1nc(C)c(CCNC2CC2)c(C)n1. The molecule has 1 aliphatic rings. The highest BCUT2D eigenvalue weighted by atomic mass is 16.5. The smallest absolute Gasteiger partial charge is 0.154 e. The molecule has 0 spiro atoms. The molecule has 0 aliphatic heterocycles. The standard InChI is InChI=1S/C13H21N3O/c1-9-12(6-7-14-11-4-5-11)10(2)16-13(15-9)8-17-3/h11,14H,4-8H2,1-3H3. The van der Waals surface area contributed by atoms with Crippen LogP contribution in [0.25, 0.3) is 0 Å². The number of ether oxygens (including phenoxy) is 1. The molecule has 0 radical (unpaired) electrons. The van der Waals surface area contributed by atoms with E-state index in [-0.39, 0.29) is 0 Å². The maximum Gasteiger partial charge on any atom is 0.154 e. The molecule has 1 saturated carbocycles. The summed E-state index contributed by atoms with van der Waals surface area (Å²) in [7, 11) is 1.67. The molecule has 4 nitrogen and oxygen atoms in total. The zero-order chi connectivity index (χ0) is 12.3. The van der Waals surface area contributed by atoms with E-state index in [1.165, 1.54) is 18.4 Å². The average molecular weight is 235 g/mol. The van der Waals surface area contributed by atoms with Crippen molar-refractivity contribution in [3.63, 3.8) is 0 Å². The fourth-order valence-electron chi connectivity index (χ4n) is 2.05. The Kier molecular flexibility index (Phi) is 4.07. The van der Waals surface area contributed by atoms with Gasteiger partial charge in [0.05, 0.1) is 0 Å². The molecule has 0 unspecified atom stereocenters. The second kappa shape index (κ2) is 5.56. The van der Waals surface area contributed by atoms with Crippen LogP contribution in [0.3, 0.4) is 0 Å². The summed E-state index contributed by atoms with van der Waals surface area (Å²) < 4.78 is 5.06. The van der Waals surface area contributed by atoms with Gasteiger partial charge in [-0.05, 0) is 45.2 Å². The molecule has 17 heavy (non-hydrogen) atoms. The molecule has 1 aliphatic carbocycles. The van der Waals surface area contributed by atoms with Crippen LogP contribution in [0.4, 0.5) is 0 Å². The van der Waals surface area contributed by atoms with Gasteiger partial charge >= 0.3 is 0 Å². The first-order valence-corrected chi connectivity index (χ1v) is 6.26. The van der Waals surface area contributed by atoms with Crippen LogP contribution < -0.4 is 5.32 Å². The van der Waals surface area contributed by atoms with Crippen molar-refractivity contribution < 1.29 is 4.74 Å². The highest BCUT2D eigenvalue weighted by Gasteiger charge is 2.20. The summed E-state index contributed by atoms with van der Waals surface area (Å²) in [5, 5.41) is 3.52. The molecule has 0 bridgehead atoms. The normalized spacial score (nSPS) is 15.2. The molecule has 1 aromatic heterocycles. The Balaban J connectivity index is 1.99. The molecule has 0 amide bonds. The van der Waals surface area contributed by atoms with E-state index >= 15 is 0 Å². The summed E-state index contributed by atoms with van der Waals surface area (Å²) in [6, 6.07) is 0.768. The number of methoxy groups -OCH3 is 1. The third-order valence-corrected chi connectivity index (χ3v) is 3.13. The van der Waals surface area contributed by atoms with Gasteiger partial charge < -0.3 is 10.1 Å². The average Bonchev–Trinajstić information content (AvgIpc) is 3.06. The van der Waals surface area contributed by atoms with E-state index in [0.717, 1.165) is 36.2 Å². The molecule has 1 heterocycles. The first-order chi connectivity index (χ1) is 8.20. The largest absolute Gasteiger partial charge is 0.377 e. The molecule has 0 atom stereocenters. The summed E-state index contributed by atoms with van der Waals surface area (Å²) in [5.74, 6) is 0.779. The van der Waals surface area contributed by atoms with Gasteiger partial charge in [0.15, 0.2) is 5.82 Å². The lowest BCUT2D eigenvalue weighted by Gasteiger charge is -2.11. The number of aromatic nitrogens is 2. The molecular formula is C13H21N3O. The van der Waals surface area contributed by atoms with Crippen LogP contribution in [0.15, 0.2) is 0 Å². The Bertz CT molecular complexity index is 365. The summed E-state index contributed by atoms with van der Waals surface area (Å²) >= 11 is 0. The lowest BCUT2D eigenvalue weighted by molar-refractivity contribution is 0.177. The molecular weight excluding hydrogens is 214 g/mol. The number of hydrogen-bond acceptors (Lipinski definition) is 4.